The number of aliphatic hydroxyl groups is 1. The molecule has 2 rings (SSSR count). The number of hydrogen-bond donors (Lipinski definition) is 3. The first-order valence-electron chi connectivity index (χ1n) is 5.98. The van der Waals surface area contributed by atoms with Crippen molar-refractivity contribution in [3.8, 4) is 6.07 Å². The number of anilines is 3. The van der Waals surface area contributed by atoms with Crippen molar-refractivity contribution in [2.45, 2.75) is 6.42 Å². The molecule has 0 aliphatic heterocycles. The SMILES string of the molecule is N#Cc1cnc(Nc2cc(NCCCO)ncn2)cn1. The van der Waals surface area contributed by atoms with Gasteiger partial charge in [0.15, 0.2) is 5.69 Å². The van der Waals surface area contributed by atoms with E-state index in [0.717, 1.165) is 0 Å². The van der Waals surface area contributed by atoms with E-state index >= 15 is 0 Å². The fourth-order valence-electron chi connectivity index (χ4n) is 1.40. The van der Waals surface area contributed by atoms with Crippen LogP contribution >= 0.6 is 0 Å². The van der Waals surface area contributed by atoms with Crippen molar-refractivity contribution in [3.63, 3.8) is 0 Å². The fourth-order valence-corrected chi connectivity index (χ4v) is 1.40. The topological polar surface area (TPSA) is 120 Å². The van der Waals surface area contributed by atoms with E-state index in [1.165, 1.54) is 18.7 Å². The van der Waals surface area contributed by atoms with Gasteiger partial charge in [0.25, 0.3) is 0 Å². The molecular formula is C12H13N7O. The van der Waals surface area contributed by atoms with Crippen LogP contribution in [0.15, 0.2) is 24.8 Å². The summed E-state index contributed by atoms with van der Waals surface area (Å²) >= 11 is 0. The molecule has 0 saturated heterocycles. The van der Waals surface area contributed by atoms with Crippen LogP contribution in [0.4, 0.5) is 17.5 Å². The van der Waals surface area contributed by atoms with Crippen LogP contribution in [0.3, 0.4) is 0 Å². The quantitative estimate of drug-likeness (QED) is 0.656. The predicted octanol–water partition coefficient (Wildman–Crippen LogP) is 0.676. The van der Waals surface area contributed by atoms with Gasteiger partial charge in [-0.2, -0.15) is 5.26 Å². The number of nitrogens with one attached hydrogen (secondary N) is 2. The zero-order chi connectivity index (χ0) is 14.2. The second-order valence-electron chi connectivity index (χ2n) is 3.82. The molecule has 8 nitrogen and oxygen atoms in total. The Balaban J connectivity index is 2.01. The number of aromatic nitrogens is 4. The van der Waals surface area contributed by atoms with E-state index in [2.05, 4.69) is 30.6 Å². The summed E-state index contributed by atoms with van der Waals surface area (Å²) in [5.41, 5.74) is 0.254. The summed E-state index contributed by atoms with van der Waals surface area (Å²) in [5, 5.41) is 23.4. The molecule has 0 aromatic carbocycles. The minimum Gasteiger partial charge on any atom is -0.396 e. The fraction of sp³-hybridized carbons (Fsp3) is 0.250. The molecular weight excluding hydrogens is 258 g/mol. The number of hydrogen-bond acceptors (Lipinski definition) is 8. The van der Waals surface area contributed by atoms with Crippen molar-refractivity contribution >= 4 is 17.5 Å². The highest BCUT2D eigenvalue weighted by atomic mass is 16.3. The second-order valence-corrected chi connectivity index (χ2v) is 3.82. The summed E-state index contributed by atoms with van der Waals surface area (Å²) in [6.07, 6.45) is 4.90. The van der Waals surface area contributed by atoms with E-state index in [-0.39, 0.29) is 12.3 Å². The predicted molar refractivity (Wildman–Crippen MR) is 72.3 cm³/mol. The Hall–Kier alpha value is -2.79. The van der Waals surface area contributed by atoms with E-state index in [1.807, 2.05) is 6.07 Å². The molecule has 0 spiro atoms. The van der Waals surface area contributed by atoms with Crippen molar-refractivity contribution < 1.29 is 5.11 Å². The summed E-state index contributed by atoms with van der Waals surface area (Å²) in [5.74, 6) is 1.70. The van der Waals surface area contributed by atoms with Gasteiger partial charge in [-0.15, -0.1) is 0 Å². The third-order valence-corrected chi connectivity index (χ3v) is 2.33. The smallest absolute Gasteiger partial charge is 0.158 e. The first-order valence-corrected chi connectivity index (χ1v) is 5.98. The Morgan fingerprint density at radius 1 is 1.10 bits per heavy atom. The van der Waals surface area contributed by atoms with Crippen LogP contribution in [0.25, 0.3) is 0 Å². The first-order chi connectivity index (χ1) is 9.81. The number of rotatable bonds is 6. The largest absolute Gasteiger partial charge is 0.396 e. The Morgan fingerprint density at radius 3 is 2.65 bits per heavy atom. The van der Waals surface area contributed by atoms with E-state index in [9.17, 15) is 0 Å². The zero-order valence-corrected chi connectivity index (χ0v) is 10.6. The van der Waals surface area contributed by atoms with Gasteiger partial charge < -0.3 is 15.7 Å². The molecule has 20 heavy (non-hydrogen) atoms. The highest BCUT2D eigenvalue weighted by Gasteiger charge is 2.01. The van der Waals surface area contributed by atoms with Gasteiger partial charge in [-0.05, 0) is 6.42 Å². The van der Waals surface area contributed by atoms with Gasteiger partial charge in [-0.1, -0.05) is 0 Å². The lowest BCUT2D eigenvalue weighted by atomic mass is 10.4. The lowest BCUT2D eigenvalue weighted by Gasteiger charge is -2.07. The molecule has 2 aromatic rings. The van der Waals surface area contributed by atoms with Crippen LogP contribution in [0.1, 0.15) is 12.1 Å². The Labute approximate surface area is 115 Å². The summed E-state index contributed by atoms with van der Waals surface area (Å²) in [6, 6.07) is 3.62. The maximum atomic E-state index is 8.71. The molecule has 0 bridgehead atoms. The van der Waals surface area contributed by atoms with Crippen LogP contribution in [0.2, 0.25) is 0 Å². The average molecular weight is 271 g/mol. The summed E-state index contributed by atoms with van der Waals surface area (Å²) in [4.78, 5) is 16.1. The molecule has 2 aromatic heterocycles. The molecule has 102 valence electrons. The van der Waals surface area contributed by atoms with Crippen molar-refractivity contribution in [1.29, 1.82) is 5.26 Å². The van der Waals surface area contributed by atoms with E-state index in [4.69, 9.17) is 10.4 Å². The molecule has 0 aliphatic rings. The van der Waals surface area contributed by atoms with Gasteiger partial charge in [-0.25, -0.2) is 19.9 Å². The summed E-state index contributed by atoms with van der Waals surface area (Å²) < 4.78 is 0. The molecule has 0 saturated carbocycles. The normalized spacial score (nSPS) is 9.80. The standard InChI is InChI=1S/C12H13N7O/c13-5-9-6-16-12(7-15-9)19-11-4-10(17-8-18-11)14-2-1-3-20/h4,6-8,20H,1-3H2,(H2,14,16,17,18,19). The maximum Gasteiger partial charge on any atom is 0.158 e. The molecule has 8 heteroatoms. The molecule has 0 amide bonds. The maximum absolute atomic E-state index is 8.71. The summed E-state index contributed by atoms with van der Waals surface area (Å²) in [6.45, 7) is 0.758. The van der Waals surface area contributed by atoms with Crippen LogP contribution in [-0.4, -0.2) is 38.2 Å². The number of nitriles is 1. The second kappa shape index (κ2) is 6.96. The van der Waals surface area contributed by atoms with Crippen molar-refractivity contribution in [3.05, 3.63) is 30.5 Å². The highest BCUT2D eigenvalue weighted by molar-refractivity contribution is 5.54. The van der Waals surface area contributed by atoms with Crippen molar-refractivity contribution in [2.75, 3.05) is 23.8 Å². The lowest BCUT2D eigenvalue weighted by molar-refractivity contribution is 0.292. The van der Waals surface area contributed by atoms with Crippen LogP contribution in [0, 0.1) is 11.3 Å². The van der Waals surface area contributed by atoms with E-state index < -0.39 is 0 Å². The molecule has 0 unspecified atom stereocenters. The van der Waals surface area contributed by atoms with Gasteiger partial charge in [0, 0.05) is 19.2 Å². The molecule has 2 heterocycles. The molecule has 0 fully saturated rings. The minimum atomic E-state index is 0.129. The van der Waals surface area contributed by atoms with Gasteiger partial charge >= 0.3 is 0 Å². The van der Waals surface area contributed by atoms with Gasteiger partial charge in [0.05, 0.1) is 12.4 Å². The molecule has 3 N–H and O–H groups in total. The number of aliphatic hydroxyl groups excluding tert-OH is 1. The lowest BCUT2D eigenvalue weighted by Crippen LogP contribution is -2.06. The zero-order valence-electron chi connectivity index (χ0n) is 10.6. The van der Waals surface area contributed by atoms with E-state index in [0.29, 0.717) is 30.4 Å². The van der Waals surface area contributed by atoms with E-state index in [1.54, 1.807) is 6.07 Å². The van der Waals surface area contributed by atoms with Crippen LogP contribution in [-0.2, 0) is 0 Å². The molecule has 0 atom stereocenters. The Kier molecular flexibility index (Phi) is 4.75. The summed E-state index contributed by atoms with van der Waals surface area (Å²) in [7, 11) is 0. The van der Waals surface area contributed by atoms with Crippen molar-refractivity contribution in [2.24, 2.45) is 0 Å². The molecule has 0 radical (unpaired) electrons. The van der Waals surface area contributed by atoms with Gasteiger partial charge in [0.2, 0.25) is 0 Å². The monoisotopic (exact) mass is 271 g/mol. The number of nitrogens with zero attached hydrogens (tertiary/aromatic N) is 5. The first kappa shape index (κ1) is 13.6. The Bertz CT molecular complexity index is 593. The third kappa shape index (κ3) is 3.86. The average Bonchev–Trinajstić information content (AvgIpc) is 2.49. The Morgan fingerprint density at radius 2 is 1.95 bits per heavy atom. The van der Waals surface area contributed by atoms with Gasteiger partial charge in [0.1, 0.15) is 29.9 Å². The highest BCUT2D eigenvalue weighted by Crippen LogP contribution is 2.13. The minimum absolute atomic E-state index is 0.129. The van der Waals surface area contributed by atoms with Crippen molar-refractivity contribution in [1.82, 2.24) is 19.9 Å². The molecule has 0 aliphatic carbocycles. The van der Waals surface area contributed by atoms with Gasteiger partial charge in [-0.3, -0.25) is 0 Å². The van der Waals surface area contributed by atoms with Crippen LogP contribution < -0.4 is 10.6 Å². The van der Waals surface area contributed by atoms with Crippen LogP contribution in [0.5, 0.6) is 0 Å². The third-order valence-electron chi connectivity index (χ3n) is 2.33.